The number of nitrogens with two attached hydrogens (primary N) is 1. The van der Waals surface area contributed by atoms with Crippen LogP contribution in [0.15, 0.2) is 19.6 Å². The van der Waals surface area contributed by atoms with E-state index < -0.39 is 6.10 Å². The highest BCUT2D eigenvalue weighted by Gasteiger charge is 2.41. The van der Waals surface area contributed by atoms with Gasteiger partial charge >= 0.3 is 0 Å². The average Bonchev–Trinajstić information content (AvgIpc) is 2.69. The zero-order valence-electron chi connectivity index (χ0n) is 9.29. The van der Waals surface area contributed by atoms with Gasteiger partial charge in [0, 0.05) is 25.2 Å². The van der Waals surface area contributed by atoms with Crippen molar-refractivity contribution < 1.29 is 14.3 Å². The van der Waals surface area contributed by atoms with Crippen LogP contribution in [0.25, 0.3) is 0 Å². The zero-order chi connectivity index (χ0) is 12.5. The zero-order valence-corrected chi connectivity index (χ0v) is 12.5. The summed E-state index contributed by atoms with van der Waals surface area (Å²) in [6, 6.07) is 1.78. The molecule has 3 N–H and O–H groups in total. The maximum Gasteiger partial charge on any atom is 0.183 e. The van der Waals surface area contributed by atoms with Crippen LogP contribution < -0.4 is 5.73 Å². The molecule has 1 aromatic rings. The fraction of sp³-hybridized carbons (Fsp3) is 0.636. The van der Waals surface area contributed by atoms with E-state index >= 15 is 0 Å². The molecular weight excluding hydrogens is 354 g/mol. The van der Waals surface area contributed by atoms with E-state index in [1.807, 2.05) is 0 Å². The molecule has 0 amide bonds. The molecule has 0 aromatic carbocycles. The molecule has 1 aliphatic rings. The summed E-state index contributed by atoms with van der Waals surface area (Å²) < 4.78 is 12.2. The van der Waals surface area contributed by atoms with Gasteiger partial charge in [-0.05, 0) is 50.8 Å². The third-order valence-corrected chi connectivity index (χ3v) is 5.12. The van der Waals surface area contributed by atoms with Gasteiger partial charge in [-0.2, -0.15) is 0 Å². The fourth-order valence-electron chi connectivity index (χ4n) is 2.17. The van der Waals surface area contributed by atoms with Crippen LogP contribution in [0, 0.1) is 5.41 Å². The number of hydrogen-bond acceptors (Lipinski definition) is 4. The molecular formula is C11H15Br2NO3. The largest absolute Gasteiger partial charge is 0.450 e. The molecule has 0 saturated carbocycles. The molecule has 17 heavy (non-hydrogen) atoms. The van der Waals surface area contributed by atoms with Crippen LogP contribution in [-0.4, -0.2) is 24.9 Å². The molecule has 0 aliphatic carbocycles. The number of rotatable bonds is 3. The van der Waals surface area contributed by atoms with Gasteiger partial charge in [-0.3, -0.25) is 0 Å². The molecule has 0 bridgehead atoms. The molecule has 2 rings (SSSR count). The highest BCUT2D eigenvalue weighted by atomic mass is 79.9. The summed E-state index contributed by atoms with van der Waals surface area (Å²) in [7, 11) is 0. The monoisotopic (exact) mass is 367 g/mol. The van der Waals surface area contributed by atoms with Crippen molar-refractivity contribution >= 4 is 31.9 Å². The maximum absolute atomic E-state index is 10.5. The van der Waals surface area contributed by atoms with Crippen molar-refractivity contribution in [3.63, 3.8) is 0 Å². The summed E-state index contributed by atoms with van der Waals surface area (Å²) in [6.45, 7) is 1.70. The summed E-state index contributed by atoms with van der Waals surface area (Å²) >= 11 is 6.61. The number of hydrogen-bond donors (Lipinski definition) is 2. The third kappa shape index (κ3) is 2.61. The molecule has 4 nitrogen and oxygen atoms in total. The topological polar surface area (TPSA) is 68.6 Å². The Labute approximate surface area is 117 Å². The van der Waals surface area contributed by atoms with Gasteiger partial charge in [0.25, 0.3) is 0 Å². The molecule has 1 aliphatic heterocycles. The SMILES string of the molecule is NCC1(C(O)c2cc(Br)c(Br)o2)CCOCC1. The summed E-state index contributed by atoms with van der Waals surface area (Å²) in [6.07, 6.45) is 0.806. The smallest absolute Gasteiger partial charge is 0.183 e. The minimum atomic E-state index is -0.695. The lowest BCUT2D eigenvalue weighted by Crippen LogP contribution is -2.41. The first kappa shape index (κ1) is 13.5. The van der Waals surface area contributed by atoms with Crippen LogP contribution in [0.3, 0.4) is 0 Å². The summed E-state index contributed by atoms with van der Waals surface area (Å²) in [5, 5.41) is 10.5. The van der Waals surface area contributed by atoms with Crippen LogP contribution in [-0.2, 0) is 4.74 Å². The maximum atomic E-state index is 10.5. The Morgan fingerprint density at radius 1 is 1.41 bits per heavy atom. The molecule has 96 valence electrons. The Morgan fingerprint density at radius 3 is 2.53 bits per heavy atom. The van der Waals surface area contributed by atoms with Gasteiger partial charge in [0.2, 0.25) is 0 Å². The Hall–Kier alpha value is 0.120. The number of furan rings is 1. The normalized spacial score (nSPS) is 21.4. The van der Waals surface area contributed by atoms with Gasteiger partial charge in [0.15, 0.2) is 4.67 Å². The van der Waals surface area contributed by atoms with Crippen LogP contribution >= 0.6 is 31.9 Å². The van der Waals surface area contributed by atoms with E-state index in [1.54, 1.807) is 6.07 Å². The van der Waals surface area contributed by atoms with E-state index in [4.69, 9.17) is 14.9 Å². The highest BCUT2D eigenvalue weighted by molar-refractivity contribution is 9.13. The van der Waals surface area contributed by atoms with Gasteiger partial charge in [-0.1, -0.05) is 0 Å². The van der Waals surface area contributed by atoms with E-state index in [9.17, 15) is 5.11 Å². The van der Waals surface area contributed by atoms with Crippen LogP contribution in [0.4, 0.5) is 0 Å². The Balaban J connectivity index is 2.24. The predicted molar refractivity (Wildman–Crippen MR) is 70.6 cm³/mol. The third-order valence-electron chi connectivity index (χ3n) is 3.41. The first-order valence-corrected chi connectivity index (χ1v) is 7.08. The van der Waals surface area contributed by atoms with E-state index in [0.29, 0.717) is 30.2 Å². The second-order valence-corrected chi connectivity index (χ2v) is 5.93. The first-order valence-electron chi connectivity index (χ1n) is 5.50. The molecule has 1 unspecified atom stereocenters. The van der Waals surface area contributed by atoms with Gasteiger partial charge in [-0.25, -0.2) is 0 Å². The Kier molecular flexibility index (Phi) is 4.31. The van der Waals surface area contributed by atoms with Crippen molar-refractivity contribution in [3.05, 3.63) is 21.0 Å². The van der Waals surface area contributed by atoms with E-state index in [-0.39, 0.29) is 5.41 Å². The molecule has 6 heteroatoms. The van der Waals surface area contributed by atoms with E-state index in [2.05, 4.69) is 31.9 Å². The second kappa shape index (κ2) is 5.40. The van der Waals surface area contributed by atoms with Crippen molar-refractivity contribution in [2.24, 2.45) is 11.1 Å². The predicted octanol–water partition coefficient (Wildman–Crippen LogP) is 2.59. The standard InChI is InChI=1S/C11H15Br2NO3/c12-7-5-8(17-10(7)13)9(15)11(6-14)1-3-16-4-2-11/h5,9,15H,1-4,6,14H2. The first-order chi connectivity index (χ1) is 8.09. The fourth-order valence-corrected chi connectivity index (χ4v) is 2.77. The van der Waals surface area contributed by atoms with Crippen molar-refractivity contribution in [3.8, 4) is 0 Å². The molecule has 0 radical (unpaired) electrons. The molecule has 1 atom stereocenters. The van der Waals surface area contributed by atoms with Gasteiger partial charge in [-0.15, -0.1) is 0 Å². The molecule has 1 aromatic heterocycles. The molecule has 2 heterocycles. The van der Waals surface area contributed by atoms with Crippen LogP contribution in [0.1, 0.15) is 24.7 Å². The number of ether oxygens (including phenoxy) is 1. The summed E-state index contributed by atoms with van der Waals surface area (Å²) in [4.78, 5) is 0. The van der Waals surface area contributed by atoms with Crippen molar-refractivity contribution in [2.45, 2.75) is 18.9 Å². The van der Waals surface area contributed by atoms with E-state index in [0.717, 1.165) is 17.3 Å². The van der Waals surface area contributed by atoms with Crippen LogP contribution in [0.5, 0.6) is 0 Å². The molecule has 1 fully saturated rings. The Bertz CT molecular complexity index is 369. The minimum Gasteiger partial charge on any atom is -0.450 e. The van der Waals surface area contributed by atoms with Crippen molar-refractivity contribution in [2.75, 3.05) is 19.8 Å². The summed E-state index contributed by atoms with van der Waals surface area (Å²) in [5.41, 5.74) is 5.50. The highest BCUT2D eigenvalue weighted by Crippen LogP contribution is 2.43. The molecule has 1 saturated heterocycles. The van der Waals surface area contributed by atoms with Crippen LogP contribution in [0.2, 0.25) is 0 Å². The minimum absolute atomic E-state index is 0.338. The lowest BCUT2D eigenvalue weighted by atomic mass is 9.74. The molecule has 0 spiro atoms. The lowest BCUT2D eigenvalue weighted by molar-refractivity contribution is -0.0661. The second-order valence-electron chi connectivity index (χ2n) is 4.35. The number of aliphatic hydroxyl groups is 1. The quantitative estimate of drug-likeness (QED) is 0.860. The summed E-state index contributed by atoms with van der Waals surface area (Å²) in [5.74, 6) is 0.538. The number of halogens is 2. The van der Waals surface area contributed by atoms with Gasteiger partial charge in [0.1, 0.15) is 11.9 Å². The average molecular weight is 369 g/mol. The van der Waals surface area contributed by atoms with E-state index in [1.165, 1.54) is 0 Å². The van der Waals surface area contributed by atoms with Crippen molar-refractivity contribution in [1.29, 1.82) is 0 Å². The van der Waals surface area contributed by atoms with Gasteiger partial charge < -0.3 is 20.0 Å². The number of aliphatic hydroxyl groups excluding tert-OH is 1. The lowest BCUT2D eigenvalue weighted by Gasteiger charge is -2.39. The van der Waals surface area contributed by atoms with Crippen molar-refractivity contribution in [1.82, 2.24) is 0 Å². The Morgan fingerprint density at radius 2 is 2.06 bits per heavy atom. The van der Waals surface area contributed by atoms with Gasteiger partial charge in [0.05, 0.1) is 4.47 Å².